The van der Waals surface area contributed by atoms with Crippen LogP contribution < -0.4 is 10.5 Å². The van der Waals surface area contributed by atoms with E-state index in [2.05, 4.69) is 6.07 Å². The van der Waals surface area contributed by atoms with Gasteiger partial charge in [-0.05, 0) is 31.5 Å². The van der Waals surface area contributed by atoms with Crippen molar-refractivity contribution in [2.24, 2.45) is 5.73 Å². The van der Waals surface area contributed by atoms with Crippen LogP contribution in [0.15, 0.2) is 24.3 Å². The van der Waals surface area contributed by atoms with Crippen LogP contribution in [-0.4, -0.2) is 12.1 Å². The molecule has 0 amide bonds. The van der Waals surface area contributed by atoms with Gasteiger partial charge in [0.2, 0.25) is 0 Å². The number of rotatable bonds is 4. The molecular weight excluding hydrogens is 188 g/mol. The smallest absolute Gasteiger partial charge is 0.120 e. The molecule has 80 valence electrons. The van der Waals surface area contributed by atoms with Crippen molar-refractivity contribution in [1.82, 2.24) is 0 Å². The van der Waals surface area contributed by atoms with E-state index in [1.807, 2.05) is 38.1 Å². The highest BCUT2D eigenvalue weighted by molar-refractivity contribution is 5.29. The zero-order valence-corrected chi connectivity index (χ0v) is 9.16. The van der Waals surface area contributed by atoms with Crippen molar-refractivity contribution in [2.75, 3.05) is 6.54 Å². The van der Waals surface area contributed by atoms with Crippen LogP contribution in [0, 0.1) is 11.3 Å². The molecule has 0 fully saturated rings. The van der Waals surface area contributed by atoms with Gasteiger partial charge in [0.05, 0.1) is 12.5 Å². The number of hydrogen-bond acceptors (Lipinski definition) is 3. The first-order valence-corrected chi connectivity index (χ1v) is 4.92. The third-order valence-electron chi connectivity index (χ3n) is 2.09. The molecule has 0 radical (unpaired) electrons. The topological polar surface area (TPSA) is 59.0 Å². The Labute approximate surface area is 90.5 Å². The van der Waals surface area contributed by atoms with Crippen LogP contribution in [0.3, 0.4) is 0 Å². The Morgan fingerprint density at radius 3 is 2.40 bits per heavy atom. The van der Waals surface area contributed by atoms with Gasteiger partial charge in [-0.3, -0.25) is 0 Å². The summed E-state index contributed by atoms with van der Waals surface area (Å²) in [5.41, 5.74) is 6.21. The minimum Gasteiger partial charge on any atom is -0.487 e. The molecule has 0 spiro atoms. The Bertz CT molecular complexity index is 349. The third-order valence-corrected chi connectivity index (χ3v) is 2.09. The normalized spacial score (nSPS) is 10.8. The molecule has 1 rings (SSSR count). The van der Waals surface area contributed by atoms with Crippen LogP contribution >= 0.6 is 0 Å². The molecule has 0 saturated heterocycles. The van der Waals surface area contributed by atoms with Gasteiger partial charge < -0.3 is 10.5 Å². The van der Waals surface area contributed by atoms with Crippen LogP contribution in [0.4, 0.5) is 0 Å². The molecule has 0 aromatic heterocycles. The summed E-state index contributed by atoms with van der Waals surface area (Å²) >= 11 is 0. The number of nitrogens with zero attached hydrogens (tertiary/aromatic N) is 1. The van der Waals surface area contributed by atoms with Crippen molar-refractivity contribution >= 4 is 0 Å². The van der Waals surface area contributed by atoms with Crippen LogP contribution in [-0.2, 0) is 6.42 Å². The number of nitrogens with two attached hydrogens (primary N) is 1. The minimum atomic E-state index is -0.350. The third kappa shape index (κ3) is 3.61. The molecule has 0 aliphatic rings. The largest absolute Gasteiger partial charge is 0.487 e. The Kier molecular flexibility index (Phi) is 3.70. The highest BCUT2D eigenvalue weighted by atomic mass is 16.5. The quantitative estimate of drug-likeness (QED) is 0.814. The predicted molar refractivity (Wildman–Crippen MR) is 59.5 cm³/mol. The fourth-order valence-corrected chi connectivity index (χ4v) is 1.13. The summed E-state index contributed by atoms with van der Waals surface area (Å²) in [6.45, 7) is 4.35. The lowest BCUT2D eigenvalue weighted by Gasteiger charge is -2.24. The lowest BCUT2D eigenvalue weighted by atomic mass is 10.1. The molecule has 2 N–H and O–H groups in total. The highest BCUT2D eigenvalue weighted by Gasteiger charge is 2.16. The van der Waals surface area contributed by atoms with Crippen molar-refractivity contribution < 1.29 is 4.74 Å². The second-order valence-electron chi connectivity index (χ2n) is 4.04. The molecule has 0 atom stereocenters. The highest BCUT2D eigenvalue weighted by Crippen LogP contribution is 2.18. The lowest BCUT2D eigenvalue weighted by molar-refractivity contribution is 0.119. The molecule has 0 aliphatic heterocycles. The van der Waals surface area contributed by atoms with Crippen molar-refractivity contribution in [3.8, 4) is 11.8 Å². The van der Waals surface area contributed by atoms with Gasteiger partial charge in [0.1, 0.15) is 11.4 Å². The summed E-state index contributed by atoms with van der Waals surface area (Å²) in [6.07, 6.45) is 0.431. The fraction of sp³-hybridized carbons (Fsp3) is 0.417. The van der Waals surface area contributed by atoms with Gasteiger partial charge in [-0.1, -0.05) is 12.1 Å². The van der Waals surface area contributed by atoms with Crippen LogP contribution in [0.25, 0.3) is 0 Å². The SMILES string of the molecule is CC(C)(CN)Oc1ccc(CC#N)cc1. The molecule has 1 aromatic carbocycles. The van der Waals surface area contributed by atoms with E-state index in [1.54, 1.807) is 0 Å². The average Bonchev–Trinajstić information content (AvgIpc) is 2.21. The summed E-state index contributed by atoms with van der Waals surface area (Å²) in [5, 5.41) is 8.52. The van der Waals surface area contributed by atoms with E-state index in [4.69, 9.17) is 15.7 Å². The van der Waals surface area contributed by atoms with Gasteiger partial charge in [-0.2, -0.15) is 5.26 Å². The predicted octanol–water partition coefficient (Wildman–Crippen LogP) is 1.87. The summed E-state index contributed by atoms with van der Waals surface area (Å²) in [5.74, 6) is 0.784. The van der Waals surface area contributed by atoms with E-state index < -0.39 is 0 Å². The Hall–Kier alpha value is -1.53. The van der Waals surface area contributed by atoms with E-state index in [1.165, 1.54) is 0 Å². The maximum Gasteiger partial charge on any atom is 0.120 e. The summed E-state index contributed by atoms with van der Waals surface area (Å²) < 4.78 is 5.68. The zero-order chi connectivity index (χ0) is 11.3. The average molecular weight is 204 g/mol. The summed E-state index contributed by atoms with van der Waals surface area (Å²) in [7, 11) is 0. The van der Waals surface area contributed by atoms with Gasteiger partial charge in [0, 0.05) is 6.54 Å². The molecule has 3 nitrogen and oxygen atoms in total. The van der Waals surface area contributed by atoms with E-state index in [0.717, 1.165) is 11.3 Å². The van der Waals surface area contributed by atoms with Crippen LogP contribution in [0.2, 0.25) is 0 Å². The second kappa shape index (κ2) is 4.81. The molecule has 1 aromatic rings. The zero-order valence-electron chi connectivity index (χ0n) is 9.16. The summed E-state index contributed by atoms with van der Waals surface area (Å²) in [6, 6.07) is 9.62. The molecule has 3 heteroatoms. The second-order valence-corrected chi connectivity index (χ2v) is 4.04. The van der Waals surface area contributed by atoms with Gasteiger partial charge in [0.25, 0.3) is 0 Å². The van der Waals surface area contributed by atoms with Crippen LogP contribution in [0.1, 0.15) is 19.4 Å². The molecule has 0 heterocycles. The maximum absolute atomic E-state index is 8.52. The van der Waals surface area contributed by atoms with Crippen molar-refractivity contribution in [2.45, 2.75) is 25.9 Å². The van der Waals surface area contributed by atoms with Crippen molar-refractivity contribution in [3.05, 3.63) is 29.8 Å². The molecule has 0 bridgehead atoms. The molecule has 0 aliphatic carbocycles. The monoisotopic (exact) mass is 204 g/mol. The van der Waals surface area contributed by atoms with E-state index >= 15 is 0 Å². The molecule has 0 unspecified atom stereocenters. The first kappa shape index (κ1) is 11.5. The van der Waals surface area contributed by atoms with E-state index in [0.29, 0.717) is 13.0 Å². The number of benzene rings is 1. The first-order valence-electron chi connectivity index (χ1n) is 4.92. The Morgan fingerprint density at radius 1 is 1.33 bits per heavy atom. The fourth-order valence-electron chi connectivity index (χ4n) is 1.13. The van der Waals surface area contributed by atoms with Gasteiger partial charge in [-0.25, -0.2) is 0 Å². The number of nitriles is 1. The van der Waals surface area contributed by atoms with E-state index in [9.17, 15) is 0 Å². The Balaban J connectivity index is 2.69. The first-order chi connectivity index (χ1) is 7.07. The molecular formula is C12H16N2O. The molecule has 15 heavy (non-hydrogen) atoms. The van der Waals surface area contributed by atoms with Crippen molar-refractivity contribution in [1.29, 1.82) is 5.26 Å². The van der Waals surface area contributed by atoms with E-state index in [-0.39, 0.29) is 5.60 Å². The van der Waals surface area contributed by atoms with Crippen molar-refractivity contribution in [3.63, 3.8) is 0 Å². The lowest BCUT2D eigenvalue weighted by Crippen LogP contribution is -2.37. The number of ether oxygens (including phenoxy) is 1. The van der Waals surface area contributed by atoms with Gasteiger partial charge in [0.15, 0.2) is 0 Å². The number of hydrogen-bond donors (Lipinski definition) is 1. The van der Waals surface area contributed by atoms with Gasteiger partial charge in [-0.15, -0.1) is 0 Å². The minimum absolute atomic E-state index is 0.350. The standard InChI is InChI=1S/C12H16N2O/c1-12(2,9-14)15-11-5-3-10(4-6-11)7-8-13/h3-6H,7,9,14H2,1-2H3. The maximum atomic E-state index is 8.52. The van der Waals surface area contributed by atoms with Gasteiger partial charge >= 0.3 is 0 Å². The van der Waals surface area contributed by atoms with Crippen LogP contribution in [0.5, 0.6) is 5.75 Å². The molecule has 0 saturated carbocycles. The Morgan fingerprint density at radius 2 is 1.93 bits per heavy atom. The summed E-state index contributed by atoms with van der Waals surface area (Å²) in [4.78, 5) is 0.